The topological polar surface area (TPSA) is 60.2 Å². The number of halogens is 1. The van der Waals surface area contributed by atoms with Crippen LogP contribution in [-0.4, -0.2) is 14.2 Å². The van der Waals surface area contributed by atoms with Crippen molar-refractivity contribution in [3.05, 3.63) is 35.1 Å². The molecule has 0 heterocycles. The van der Waals surface area contributed by atoms with E-state index in [4.69, 9.17) is 5.73 Å². The van der Waals surface area contributed by atoms with Gasteiger partial charge >= 0.3 is 0 Å². The summed E-state index contributed by atoms with van der Waals surface area (Å²) in [6.07, 6.45) is 0. The Hall–Kier alpha value is -0.940. The van der Waals surface area contributed by atoms with E-state index >= 15 is 0 Å². The molecule has 2 N–H and O–H groups in total. The molecule has 0 radical (unpaired) electrons. The molecule has 0 aromatic heterocycles. The summed E-state index contributed by atoms with van der Waals surface area (Å²) in [7, 11) is -3.19. The highest BCUT2D eigenvalue weighted by Crippen LogP contribution is 2.13. The molecule has 84 valence electrons. The van der Waals surface area contributed by atoms with Crippen LogP contribution in [0, 0.1) is 5.82 Å². The van der Waals surface area contributed by atoms with Gasteiger partial charge in [-0.05, 0) is 11.6 Å². The lowest BCUT2D eigenvalue weighted by molar-refractivity contribution is 0.587. The maximum atomic E-state index is 13.4. The van der Waals surface area contributed by atoms with Crippen LogP contribution in [0.5, 0.6) is 0 Å². The number of hydrogen-bond acceptors (Lipinski definition) is 3. The fourth-order valence-electron chi connectivity index (χ4n) is 1.17. The molecule has 1 aromatic rings. The van der Waals surface area contributed by atoms with E-state index in [-0.39, 0.29) is 23.6 Å². The SMILES string of the molecule is CCS(=O)(=O)Cc1ccc(CN)cc1F. The zero-order valence-corrected chi connectivity index (χ0v) is 9.35. The molecule has 0 unspecified atom stereocenters. The predicted molar refractivity (Wildman–Crippen MR) is 57.5 cm³/mol. The van der Waals surface area contributed by atoms with Gasteiger partial charge in [0.15, 0.2) is 9.84 Å². The summed E-state index contributed by atoms with van der Waals surface area (Å²) in [6.45, 7) is 1.79. The Bertz CT molecular complexity index is 443. The van der Waals surface area contributed by atoms with Gasteiger partial charge in [-0.3, -0.25) is 0 Å². The maximum absolute atomic E-state index is 13.4. The van der Waals surface area contributed by atoms with Crippen LogP contribution in [0.25, 0.3) is 0 Å². The summed E-state index contributed by atoms with van der Waals surface area (Å²) in [5.74, 6) is -0.736. The van der Waals surface area contributed by atoms with Gasteiger partial charge in [0.05, 0.1) is 5.75 Å². The van der Waals surface area contributed by atoms with Crippen molar-refractivity contribution in [3.63, 3.8) is 0 Å². The number of benzene rings is 1. The average Bonchev–Trinajstić information content (AvgIpc) is 2.21. The lowest BCUT2D eigenvalue weighted by atomic mass is 10.1. The number of sulfone groups is 1. The Balaban J connectivity index is 2.97. The van der Waals surface area contributed by atoms with E-state index < -0.39 is 15.7 Å². The van der Waals surface area contributed by atoms with Crippen LogP contribution in [0.15, 0.2) is 18.2 Å². The summed E-state index contributed by atoms with van der Waals surface area (Å²) in [6, 6.07) is 4.40. The van der Waals surface area contributed by atoms with Gasteiger partial charge < -0.3 is 5.73 Å². The third-order valence-electron chi connectivity index (χ3n) is 2.17. The van der Waals surface area contributed by atoms with Crippen molar-refractivity contribution in [1.82, 2.24) is 0 Å². The Kier molecular flexibility index (Phi) is 3.82. The molecule has 3 nitrogen and oxygen atoms in total. The molecule has 0 bridgehead atoms. The van der Waals surface area contributed by atoms with Crippen LogP contribution in [0.2, 0.25) is 0 Å². The zero-order chi connectivity index (χ0) is 11.5. The highest BCUT2D eigenvalue weighted by Gasteiger charge is 2.12. The van der Waals surface area contributed by atoms with Gasteiger partial charge in [-0.15, -0.1) is 0 Å². The Labute approximate surface area is 89.0 Å². The molecular formula is C10H14FNO2S. The smallest absolute Gasteiger partial charge is 0.154 e. The van der Waals surface area contributed by atoms with Gasteiger partial charge in [0.2, 0.25) is 0 Å². The first-order chi connectivity index (χ1) is 6.98. The van der Waals surface area contributed by atoms with Crippen LogP contribution in [0.4, 0.5) is 4.39 Å². The van der Waals surface area contributed by atoms with E-state index in [0.717, 1.165) is 0 Å². The first kappa shape index (κ1) is 12.1. The minimum atomic E-state index is -3.19. The second kappa shape index (κ2) is 4.72. The number of nitrogens with two attached hydrogens (primary N) is 1. The second-order valence-electron chi connectivity index (χ2n) is 3.31. The lowest BCUT2D eigenvalue weighted by Crippen LogP contribution is -2.08. The molecule has 0 atom stereocenters. The minimum absolute atomic E-state index is 0.0189. The van der Waals surface area contributed by atoms with Crippen molar-refractivity contribution >= 4 is 9.84 Å². The summed E-state index contributed by atoms with van der Waals surface area (Å²) >= 11 is 0. The lowest BCUT2D eigenvalue weighted by Gasteiger charge is -2.05. The van der Waals surface area contributed by atoms with Gasteiger partial charge in [0, 0.05) is 17.9 Å². The van der Waals surface area contributed by atoms with Crippen molar-refractivity contribution < 1.29 is 12.8 Å². The monoisotopic (exact) mass is 231 g/mol. The summed E-state index contributed by atoms with van der Waals surface area (Å²) in [4.78, 5) is 0. The van der Waals surface area contributed by atoms with E-state index in [9.17, 15) is 12.8 Å². The van der Waals surface area contributed by atoms with Crippen LogP contribution in [0.3, 0.4) is 0 Å². The third kappa shape index (κ3) is 3.28. The second-order valence-corrected chi connectivity index (χ2v) is 5.66. The third-order valence-corrected chi connectivity index (χ3v) is 3.80. The fourth-order valence-corrected chi connectivity index (χ4v) is 2.09. The quantitative estimate of drug-likeness (QED) is 0.847. The molecule has 0 fully saturated rings. The van der Waals surface area contributed by atoms with E-state index in [1.54, 1.807) is 13.0 Å². The Morgan fingerprint density at radius 3 is 2.53 bits per heavy atom. The molecule has 1 rings (SSSR count). The molecule has 0 amide bonds. The highest BCUT2D eigenvalue weighted by atomic mass is 32.2. The molecule has 0 saturated heterocycles. The predicted octanol–water partition coefficient (Wildman–Crippen LogP) is 1.22. The van der Waals surface area contributed by atoms with Gasteiger partial charge in [-0.25, -0.2) is 12.8 Å². The van der Waals surface area contributed by atoms with E-state index in [2.05, 4.69) is 0 Å². The van der Waals surface area contributed by atoms with Gasteiger partial charge in [-0.1, -0.05) is 19.1 Å². The van der Waals surface area contributed by atoms with Gasteiger partial charge in [0.1, 0.15) is 5.82 Å². The van der Waals surface area contributed by atoms with Crippen molar-refractivity contribution in [2.24, 2.45) is 5.73 Å². The van der Waals surface area contributed by atoms with Crippen molar-refractivity contribution in [1.29, 1.82) is 0 Å². The molecule has 5 heteroatoms. The van der Waals surface area contributed by atoms with E-state index in [1.165, 1.54) is 12.1 Å². The number of hydrogen-bond donors (Lipinski definition) is 1. The van der Waals surface area contributed by atoms with Crippen molar-refractivity contribution in [3.8, 4) is 0 Å². The van der Waals surface area contributed by atoms with Crippen LogP contribution < -0.4 is 5.73 Å². The number of rotatable bonds is 4. The summed E-state index contributed by atoms with van der Waals surface area (Å²) in [5, 5.41) is 0. The maximum Gasteiger partial charge on any atom is 0.154 e. The standard InChI is InChI=1S/C10H14FNO2S/c1-2-15(13,14)7-9-4-3-8(6-12)5-10(9)11/h3-5H,2,6-7,12H2,1H3. The van der Waals surface area contributed by atoms with Gasteiger partial charge in [0.25, 0.3) is 0 Å². The summed E-state index contributed by atoms with van der Waals surface area (Å²) in [5.41, 5.74) is 6.20. The van der Waals surface area contributed by atoms with E-state index in [1.807, 2.05) is 0 Å². The molecule has 15 heavy (non-hydrogen) atoms. The Morgan fingerprint density at radius 1 is 1.40 bits per heavy atom. The Morgan fingerprint density at radius 2 is 2.07 bits per heavy atom. The molecule has 0 aliphatic carbocycles. The zero-order valence-electron chi connectivity index (χ0n) is 8.53. The highest BCUT2D eigenvalue weighted by molar-refractivity contribution is 7.90. The molecule has 0 spiro atoms. The molecule has 1 aromatic carbocycles. The van der Waals surface area contributed by atoms with Crippen LogP contribution in [-0.2, 0) is 22.1 Å². The van der Waals surface area contributed by atoms with E-state index in [0.29, 0.717) is 5.56 Å². The molecular weight excluding hydrogens is 217 g/mol. The van der Waals surface area contributed by atoms with Crippen LogP contribution >= 0.6 is 0 Å². The van der Waals surface area contributed by atoms with Crippen molar-refractivity contribution in [2.75, 3.05) is 5.75 Å². The fraction of sp³-hybridized carbons (Fsp3) is 0.400. The summed E-state index contributed by atoms with van der Waals surface area (Å²) < 4.78 is 36.0. The first-order valence-corrected chi connectivity index (χ1v) is 6.48. The molecule has 0 aliphatic heterocycles. The van der Waals surface area contributed by atoms with Gasteiger partial charge in [-0.2, -0.15) is 0 Å². The van der Waals surface area contributed by atoms with Crippen molar-refractivity contribution in [2.45, 2.75) is 19.2 Å². The average molecular weight is 231 g/mol. The minimum Gasteiger partial charge on any atom is -0.326 e. The normalized spacial score (nSPS) is 11.7. The molecule has 0 saturated carbocycles. The van der Waals surface area contributed by atoms with Crippen LogP contribution in [0.1, 0.15) is 18.1 Å². The largest absolute Gasteiger partial charge is 0.326 e. The molecule has 0 aliphatic rings. The first-order valence-electron chi connectivity index (χ1n) is 4.66.